The summed E-state index contributed by atoms with van der Waals surface area (Å²) in [6, 6.07) is 7.58. The number of rotatable bonds is 5. The number of halogens is 2. The van der Waals surface area contributed by atoms with Crippen LogP contribution in [0.4, 0.5) is 5.69 Å². The Hall–Kier alpha value is -2.44. The van der Waals surface area contributed by atoms with Crippen LogP contribution in [0, 0.1) is 0 Å². The lowest BCUT2D eigenvalue weighted by Gasteiger charge is -2.20. The number of hydrogen-bond acceptors (Lipinski definition) is 6. The molecule has 0 unspecified atom stereocenters. The summed E-state index contributed by atoms with van der Waals surface area (Å²) in [6.45, 7) is 6.72. The SMILES string of the molecule is CC(=O)Oc1c(Cl)cc(Cl)cc1CNc1ccc(C(=O)OC(C)(C)C)c(O)c1. The molecule has 150 valence electrons. The third-order valence-electron chi connectivity index (χ3n) is 3.43. The fourth-order valence-corrected chi connectivity index (χ4v) is 2.92. The standard InChI is InChI=1S/C20H21Cl2NO5/c1-11(24)27-18-12(7-13(21)8-16(18)22)10-23-14-5-6-15(17(25)9-14)19(26)28-20(2,3)4/h5-9,23,25H,10H2,1-4H3. The quantitative estimate of drug-likeness (QED) is 0.506. The van der Waals surface area contributed by atoms with E-state index in [4.69, 9.17) is 32.7 Å². The van der Waals surface area contributed by atoms with Crippen molar-refractivity contribution in [2.24, 2.45) is 0 Å². The van der Waals surface area contributed by atoms with Gasteiger partial charge in [-0.05, 0) is 45.0 Å². The molecular formula is C20H21Cl2NO5. The molecule has 0 radical (unpaired) electrons. The second-order valence-corrected chi connectivity index (χ2v) is 7.90. The van der Waals surface area contributed by atoms with Crippen molar-refractivity contribution in [3.8, 4) is 11.5 Å². The molecule has 0 heterocycles. The van der Waals surface area contributed by atoms with E-state index in [1.807, 2.05) is 0 Å². The first kappa shape index (κ1) is 21.9. The van der Waals surface area contributed by atoms with Crippen molar-refractivity contribution >= 4 is 40.8 Å². The van der Waals surface area contributed by atoms with Gasteiger partial charge in [-0.25, -0.2) is 4.79 Å². The number of anilines is 1. The molecule has 0 aliphatic carbocycles. The van der Waals surface area contributed by atoms with Crippen molar-refractivity contribution in [3.05, 3.63) is 51.5 Å². The molecular weight excluding hydrogens is 405 g/mol. The lowest BCUT2D eigenvalue weighted by Crippen LogP contribution is -2.23. The zero-order valence-electron chi connectivity index (χ0n) is 15.9. The van der Waals surface area contributed by atoms with Crippen LogP contribution in [0.2, 0.25) is 10.0 Å². The van der Waals surface area contributed by atoms with Crippen LogP contribution in [0.15, 0.2) is 30.3 Å². The minimum atomic E-state index is -0.667. The highest BCUT2D eigenvalue weighted by Gasteiger charge is 2.20. The smallest absolute Gasteiger partial charge is 0.342 e. The van der Waals surface area contributed by atoms with E-state index in [9.17, 15) is 14.7 Å². The second kappa shape index (κ2) is 8.71. The molecule has 0 aliphatic heterocycles. The van der Waals surface area contributed by atoms with E-state index in [1.54, 1.807) is 32.9 Å². The Morgan fingerprint density at radius 1 is 1.14 bits per heavy atom. The van der Waals surface area contributed by atoms with Crippen molar-refractivity contribution in [1.29, 1.82) is 0 Å². The lowest BCUT2D eigenvalue weighted by atomic mass is 10.1. The Bertz CT molecular complexity index is 906. The van der Waals surface area contributed by atoms with Gasteiger partial charge in [0.25, 0.3) is 0 Å². The van der Waals surface area contributed by atoms with E-state index in [-0.39, 0.29) is 28.6 Å². The van der Waals surface area contributed by atoms with Gasteiger partial charge in [-0.15, -0.1) is 0 Å². The zero-order chi connectivity index (χ0) is 21.1. The summed E-state index contributed by atoms with van der Waals surface area (Å²) in [6.07, 6.45) is 0. The molecule has 0 fully saturated rings. The predicted molar refractivity (Wildman–Crippen MR) is 108 cm³/mol. The van der Waals surface area contributed by atoms with Crippen molar-refractivity contribution < 1.29 is 24.2 Å². The highest BCUT2D eigenvalue weighted by molar-refractivity contribution is 6.35. The predicted octanol–water partition coefficient (Wildman–Crippen LogP) is 5.19. The number of phenolic OH excluding ortho intramolecular Hbond substituents is 1. The van der Waals surface area contributed by atoms with Crippen LogP contribution >= 0.6 is 23.2 Å². The van der Waals surface area contributed by atoms with Crippen LogP contribution in [-0.2, 0) is 16.1 Å². The number of ether oxygens (including phenoxy) is 2. The third-order valence-corrected chi connectivity index (χ3v) is 3.93. The molecule has 0 atom stereocenters. The number of aromatic hydroxyl groups is 1. The molecule has 0 spiro atoms. The number of benzene rings is 2. The molecule has 0 saturated heterocycles. The number of carbonyl (C=O) groups is 2. The number of carbonyl (C=O) groups excluding carboxylic acids is 2. The van der Waals surface area contributed by atoms with Crippen LogP contribution in [0.1, 0.15) is 43.6 Å². The molecule has 2 rings (SSSR count). The Labute approximate surface area is 173 Å². The Balaban J connectivity index is 2.19. The molecule has 0 bridgehead atoms. The summed E-state index contributed by atoms with van der Waals surface area (Å²) in [5.74, 6) is -1.13. The van der Waals surface area contributed by atoms with Crippen molar-refractivity contribution in [1.82, 2.24) is 0 Å². The highest BCUT2D eigenvalue weighted by Crippen LogP contribution is 2.33. The van der Waals surface area contributed by atoms with Crippen LogP contribution in [0.5, 0.6) is 11.5 Å². The number of hydrogen-bond donors (Lipinski definition) is 2. The zero-order valence-corrected chi connectivity index (χ0v) is 17.4. The molecule has 6 nitrogen and oxygen atoms in total. The van der Waals surface area contributed by atoms with E-state index in [2.05, 4.69) is 5.32 Å². The normalized spacial score (nSPS) is 11.1. The Morgan fingerprint density at radius 3 is 2.39 bits per heavy atom. The maximum Gasteiger partial charge on any atom is 0.342 e. The van der Waals surface area contributed by atoms with E-state index >= 15 is 0 Å². The molecule has 0 amide bonds. The number of phenols is 1. The number of esters is 2. The van der Waals surface area contributed by atoms with Crippen molar-refractivity contribution in [2.75, 3.05) is 5.32 Å². The average Bonchev–Trinajstić information content (AvgIpc) is 2.53. The molecule has 28 heavy (non-hydrogen) atoms. The first-order valence-corrected chi connectivity index (χ1v) is 9.18. The largest absolute Gasteiger partial charge is 0.507 e. The summed E-state index contributed by atoms with van der Waals surface area (Å²) in [4.78, 5) is 23.4. The molecule has 2 aromatic rings. The van der Waals surface area contributed by atoms with Gasteiger partial charge in [-0.3, -0.25) is 4.79 Å². The van der Waals surface area contributed by atoms with Gasteiger partial charge in [-0.2, -0.15) is 0 Å². The van der Waals surface area contributed by atoms with Gasteiger partial charge in [0.1, 0.15) is 16.9 Å². The fraction of sp³-hybridized carbons (Fsp3) is 0.300. The van der Waals surface area contributed by atoms with E-state index in [0.29, 0.717) is 16.3 Å². The van der Waals surface area contributed by atoms with Crippen LogP contribution in [0.25, 0.3) is 0 Å². The minimum Gasteiger partial charge on any atom is -0.507 e. The molecule has 0 saturated carbocycles. The number of nitrogens with one attached hydrogen (secondary N) is 1. The van der Waals surface area contributed by atoms with Crippen molar-refractivity contribution in [3.63, 3.8) is 0 Å². The first-order chi connectivity index (χ1) is 13.0. The van der Waals surface area contributed by atoms with Gasteiger partial charge in [0.15, 0.2) is 5.75 Å². The summed E-state index contributed by atoms with van der Waals surface area (Å²) >= 11 is 12.1. The van der Waals surface area contributed by atoms with Gasteiger partial charge >= 0.3 is 11.9 Å². The second-order valence-electron chi connectivity index (χ2n) is 7.06. The van der Waals surface area contributed by atoms with E-state index < -0.39 is 17.5 Å². The minimum absolute atomic E-state index is 0.0619. The monoisotopic (exact) mass is 425 g/mol. The van der Waals surface area contributed by atoms with Crippen molar-refractivity contribution in [2.45, 2.75) is 39.8 Å². The van der Waals surface area contributed by atoms with Gasteiger partial charge in [0.05, 0.1) is 5.02 Å². The maximum atomic E-state index is 12.1. The summed E-state index contributed by atoms with van der Waals surface area (Å²) in [5.41, 5.74) is 0.490. The summed E-state index contributed by atoms with van der Waals surface area (Å²) < 4.78 is 10.4. The molecule has 2 N–H and O–H groups in total. The van der Waals surface area contributed by atoms with E-state index in [0.717, 1.165) is 0 Å². The molecule has 0 aromatic heterocycles. The topological polar surface area (TPSA) is 84.9 Å². The van der Waals surface area contributed by atoms with Crippen LogP contribution < -0.4 is 10.1 Å². The fourth-order valence-electron chi connectivity index (χ4n) is 2.35. The van der Waals surface area contributed by atoms with Gasteiger partial charge < -0.3 is 19.9 Å². The lowest BCUT2D eigenvalue weighted by molar-refractivity contribution is -0.131. The maximum absolute atomic E-state index is 12.1. The third kappa shape index (κ3) is 6.04. The average molecular weight is 426 g/mol. The molecule has 8 heteroatoms. The van der Waals surface area contributed by atoms with Crippen LogP contribution in [0.3, 0.4) is 0 Å². The van der Waals surface area contributed by atoms with E-state index in [1.165, 1.54) is 25.1 Å². The molecule has 0 aliphatic rings. The van der Waals surface area contributed by atoms with Gasteiger partial charge in [0, 0.05) is 35.8 Å². The van der Waals surface area contributed by atoms with Gasteiger partial charge in [-0.1, -0.05) is 23.2 Å². The Morgan fingerprint density at radius 2 is 1.82 bits per heavy atom. The Kier molecular flexibility index (Phi) is 6.80. The first-order valence-electron chi connectivity index (χ1n) is 8.43. The highest BCUT2D eigenvalue weighted by atomic mass is 35.5. The van der Waals surface area contributed by atoms with Crippen LogP contribution in [-0.4, -0.2) is 22.6 Å². The summed E-state index contributed by atoms with van der Waals surface area (Å²) in [7, 11) is 0. The summed E-state index contributed by atoms with van der Waals surface area (Å²) in [5, 5.41) is 13.8. The molecule has 2 aromatic carbocycles. The van der Waals surface area contributed by atoms with Gasteiger partial charge in [0.2, 0.25) is 0 Å².